The minimum atomic E-state index is -0.646. The van der Waals surface area contributed by atoms with Crippen molar-refractivity contribution in [1.29, 1.82) is 0 Å². The Morgan fingerprint density at radius 1 is 1.80 bits per heavy atom. The molecule has 0 aliphatic rings. The van der Waals surface area contributed by atoms with Crippen LogP contribution in [0, 0.1) is 12.5 Å². The van der Waals surface area contributed by atoms with Gasteiger partial charge in [0, 0.05) is 0 Å². The maximum absolute atomic E-state index is 10.6. The zero-order chi connectivity index (χ0) is 7.40. The Kier molecular flexibility index (Phi) is 1.76. The average molecular weight is 136 g/mol. The lowest BCUT2D eigenvalue weighted by Gasteiger charge is -1.87. The van der Waals surface area contributed by atoms with Crippen LogP contribution >= 0.6 is 0 Å². The number of carbonyl (C=O) groups excluding carboxylic acids is 1. The maximum atomic E-state index is 10.6. The van der Waals surface area contributed by atoms with E-state index < -0.39 is 5.97 Å². The summed E-state index contributed by atoms with van der Waals surface area (Å²) >= 11 is 0. The average Bonchev–Trinajstić information content (AvgIpc) is 2.38. The Morgan fingerprint density at radius 3 is 3.10 bits per heavy atom. The van der Waals surface area contributed by atoms with Gasteiger partial charge in [0.1, 0.15) is 6.11 Å². The van der Waals surface area contributed by atoms with E-state index in [1.165, 1.54) is 12.3 Å². The van der Waals surface area contributed by atoms with E-state index in [0.717, 1.165) is 0 Å². The normalized spacial score (nSPS) is 8.30. The summed E-state index contributed by atoms with van der Waals surface area (Å²) in [4.78, 5) is 10.6. The van der Waals surface area contributed by atoms with Crippen molar-refractivity contribution in [2.75, 3.05) is 0 Å². The van der Waals surface area contributed by atoms with Crippen LogP contribution in [0.4, 0.5) is 0 Å². The fraction of sp³-hybridized carbons (Fsp3) is 0. The van der Waals surface area contributed by atoms with Gasteiger partial charge in [-0.3, -0.25) is 0 Å². The molecule has 0 aliphatic carbocycles. The second kappa shape index (κ2) is 2.74. The summed E-state index contributed by atoms with van der Waals surface area (Å²) in [6.07, 6.45) is 7.82. The number of hydrogen-bond acceptors (Lipinski definition) is 3. The molecule has 3 nitrogen and oxygen atoms in total. The predicted molar refractivity (Wildman–Crippen MR) is 33.0 cm³/mol. The smallest absolute Gasteiger partial charge is 0.388 e. The van der Waals surface area contributed by atoms with Gasteiger partial charge in [0.25, 0.3) is 0 Å². The summed E-state index contributed by atoms with van der Waals surface area (Å²) in [6, 6.07) is 3.05. The summed E-state index contributed by atoms with van der Waals surface area (Å²) in [5.74, 6) is -0.537. The molecule has 0 amide bonds. The van der Waals surface area contributed by atoms with Crippen molar-refractivity contribution in [1.82, 2.24) is 0 Å². The Balaban J connectivity index is 2.71. The lowest BCUT2D eigenvalue weighted by Crippen LogP contribution is -1.97. The number of hydrogen-bond donors (Lipinski definition) is 0. The molecule has 0 fully saturated rings. The van der Waals surface area contributed by atoms with Crippen molar-refractivity contribution in [3.05, 3.63) is 24.2 Å². The van der Waals surface area contributed by atoms with E-state index in [1.807, 2.05) is 0 Å². The number of furan rings is 1. The standard InChI is InChI=1S/C7H4O3/c1-2-9-7(8)6-4-3-5-10-6/h1,3-5H. The summed E-state index contributed by atoms with van der Waals surface area (Å²) < 4.78 is 8.86. The van der Waals surface area contributed by atoms with E-state index in [0.29, 0.717) is 0 Å². The topological polar surface area (TPSA) is 39.4 Å². The molecule has 0 saturated carbocycles. The molecule has 0 N–H and O–H groups in total. The van der Waals surface area contributed by atoms with Crippen molar-refractivity contribution < 1.29 is 13.9 Å². The number of rotatable bonds is 1. The van der Waals surface area contributed by atoms with Gasteiger partial charge in [-0.15, -0.1) is 0 Å². The number of carbonyl (C=O) groups is 1. The second-order valence-corrected chi connectivity index (χ2v) is 1.48. The maximum Gasteiger partial charge on any atom is 0.388 e. The lowest BCUT2D eigenvalue weighted by atomic mass is 10.5. The Bertz CT molecular complexity index is 253. The van der Waals surface area contributed by atoms with Crippen LogP contribution in [0.5, 0.6) is 0 Å². The van der Waals surface area contributed by atoms with E-state index in [1.54, 1.807) is 12.2 Å². The van der Waals surface area contributed by atoms with Crippen LogP contribution in [0.2, 0.25) is 0 Å². The summed E-state index contributed by atoms with van der Waals surface area (Å²) in [6.45, 7) is 0. The van der Waals surface area contributed by atoms with Crippen LogP contribution < -0.4 is 0 Å². The highest BCUT2D eigenvalue weighted by Gasteiger charge is 2.07. The largest absolute Gasteiger partial charge is 0.457 e. The van der Waals surface area contributed by atoms with Gasteiger partial charge in [0.2, 0.25) is 5.76 Å². The molecule has 0 saturated heterocycles. The fourth-order valence-corrected chi connectivity index (χ4v) is 0.499. The van der Waals surface area contributed by atoms with E-state index in [9.17, 15) is 4.79 Å². The lowest BCUT2D eigenvalue weighted by molar-refractivity contribution is 0.0657. The van der Waals surface area contributed by atoms with Crippen molar-refractivity contribution >= 4 is 5.97 Å². The second-order valence-electron chi connectivity index (χ2n) is 1.48. The van der Waals surface area contributed by atoms with Gasteiger partial charge in [0.05, 0.1) is 6.26 Å². The molecule has 0 atom stereocenters. The number of terminal acetylenes is 1. The molecule has 0 radical (unpaired) electrons. The zero-order valence-corrected chi connectivity index (χ0v) is 5.03. The monoisotopic (exact) mass is 136 g/mol. The quantitative estimate of drug-likeness (QED) is 0.427. The molecule has 1 rings (SSSR count). The SMILES string of the molecule is C#COC(=O)c1ccco1. The molecule has 50 valence electrons. The Hall–Kier alpha value is -1.69. The van der Waals surface area contributed by atoms with Crippen LogP contribution in [0.15, 0.2) is 22.8 Å². The molecular formula is C7H4O3. The van der Waals surface area contributed by atoms with Crippen LogP contribution in [0.25, 0.3) is 0 Å². The first kappa shape index (κ1) is 6.43. The van der Waals surface area contributed by atoms with Gasteiger partial charge in [0.15, 0.2) is 0 Å². The van der Waals surface area contributed by atoms with Gasteiger partial charge >= 0.3 is 5.97 Å². The van der Waals surface area contributed by atoms with Gasteiger partial charge in [-0.25, -0.2) is 4.79 Å². The van der Waals surface area contributed by atoms with Gasteiger partial charge < -0.3 is 9.15 Å². The molecule has 0 aromatic carbocycles. The van der Waals surface area contributed by atoms with Crippen molar-refractivity contribution in [2.24, 2.45) is 0 Å². The molecule has 0 unspecified atom stereocenters. The minimum absolute atomic E-state index is 0.109. The molecule has 0 spiro atoms. The Labute approximate surface area is 57.6 Å². The van der Waals surface area contributed by atoms with E-state index in [2.05, 4.69) is 9.15 Å². The van der Waals surface area contributed by atoms with Gasteiger partial charge in [-0.1, -0.05) is 6.42 Å². The highest BCUT2D eigenvalue weighted by molar-refractivity contribution is 5.86. The van der Waals surface area contributed by atoms with Crippen LogP contribution in [-0.2, 0) is 4.74 Å². The van der Waals surface area contributed by atoms with Crippen LogP contribution in [0.3, 0.4) is 0 Å². The molecule has 0 bridgehead atoms. The minimum Gasteiger partial charge on any atom is -0.457 e. The summed E-state index contributed by atoms with van der Waals surface area (Å²) in [5.41, 5.74) is 0. The molecule has 3 heteroatoms. The van der Waals surface area contributed by atoms with Gasteiger partial charge in [-0.05, 0) is 12.1 Å². The zero-order valence-electron chi connectivity index (χ0n) is 5.03. The predicted octanol–water partition coefficient (Wildman–Crippen LogP) is 1.03. The van der Waals surface area contributed by atoms with Crippen molar-refractivity contribution in [3.8, 4) is 12.5 Å². The van der Waals surface area contributed by atoms with Crippen LogP contribution in [0.1, 0.15) is 10.6 Å². The summed E-state index contributed by atoms with van der Waals surface area (Å²) in [7, 11) is 0. The third-order valence-electron chi connectivity index (χ3n) is 0.874. The molecule has 1 aromatic heterocycles. The van der Waals surface area contributed by atoms with Crippen LogP contribution in [-0.4, -0.2) is 5.97 Å². The first-order chi connectivity index (χ1) is 4.84. The molecule has 0 aliphatic heterocycles. The first-order valence-electron chi connectivity index (χ1n) is 2.55. The fourth-order valence-electron chi connectivity index (χ4n) is 0.499. The number of esters is 1. The first-order valence-corrected chi connectivity index (χ1v) is 2.55. The van der Waals surface area contributed by atoms with Crippen molar-refractivity contribution in [3.63, 3.8) is 0 Å². The van der Waals surface area contributed by atoms with E-state index >= 15 is 0 Å². The van der Waals surface area contributed by atoms with Crippen molar-refractivity contribution in [2.45, 2.75) is 0 Å². The third kappa shape index (κ3) is 1.17. The molecule has 1 heterocycles. The van der Waals surface area contributed by atoms with E-state index in [-0.39, 0.29) is 5.76 Å². The number of ether oxygens (including phenoxy) is 1. The van der Waals surface area contributed by atoms with Gasteiger partial charge in [-0.2, -0.15) is 0 Å². The molecule has 10 heavy (non-hydrogen) atoms. The summed E-state index contributed by atoms with van der Waals surface area (Å²) in [5, 5.41) is 0. The molecular weight excluding hydrogens is 132 g/mol. The van der Waals surface area contributed by atoms with E-state index in [4.69, 9.17) is 6.42 Å². The Morgan fingerprint density at radius 2 is 2.60 bits per heavy atom. The third-order valence-corrected chi connectivity index (χ3v) is 0.874. The highest BCUT2D eigenvalue weighted by Crippen LogP contribution is 2.00. The molecule has 1 aromatic rings. The highest BCUT2D eigenvalue weighted by atomic mass is 16.5.